The molecule has 0 saturated carbocycles. The van der Waals surface area contributed by atoms with Gasteiger partial charge in [-0.25, -0.2) is 4.68 Å². The number of nitrogens with zero attached hydrogens (tertiary/aromatic N) is 2. The van der Waals surface area contributed by atoms with E-state index in [0.29, 0.717) is 12.3 Å². The average Bonchev–Trinajstić information content (AvgIpc) is 2.56. The average molecular weight is 226 g/mol. The molecule has 90 valence electrons. The van der Waals surface area contributed by atoms with Crippen molar-refractivity contribution in [3.63, 3.8) is 0 Å². The number of aryl methyl sites for hydroxylation is 1. The molecule has 1 heterocycles. The van der Waals surface area contributed by atoms with Gasteiger partial charge in [0.05, 0.1) is 18.8 Å². The van der Waals surface area contributed by atoms with Gasteiger partial charge in [0.25, 0.3) is 0 Å². The second kappa shape index (κ2) is 4.55. The van der Waals surface area contributed by atoms with Crippen LogP contribution in [-0.2, 0) is 16.8 Å². The third kappa shape index (κ3) is 2.74. The van der Waals surface area contributed by atoms with E-state index < -0.39 is 5.97 Å². The van der Waals surface area contributed by atoms with E-state index in [1.807, 2.05) is 20.8 Å². The lowest BCUT2D eigenvalue weighted by atomic mass is 10.1. The van der Waals surface area contributed by atoms with E-state index in [-0.39, 0.29) is 12.0 Å². The molecule has 0 atom stereocenters. The molecule has 5 heteroatoms. The third-order valence-electron chi connectivity index (χ3n) is 2.23. The summed E-state index contributed by atoms with van der Waals surface area (Å²) in [6.07, 6.45) is 2.20. The fraction of sp³-hybridized carbons (Fsp3) is 0.636. The molecule has 1 N–H and O–H groups in total. The zero-order valence-electron chi connectivity index (χ0n) is 10.1. The van der Waals surface area contributed by atoms with Crippen molar-refractivity contribution in [1.29, 1.82) is 0 Å². The summed E-state index contributed by atoms with van der Waals surface area (Å²) >= 11 is 0. The molecule has 0 spiro atoms. The standard InChI is InChI=1S/C11H18N2O3/c1-11(2,3)13-10(16-4)8(7-12-13)5-6-9(14)15/h7H,5-6H2,1-4H3,(H,14,15). The highest BCUT2D eigenvalue weighted by atomic mass is 16.5. The molecule has 0 radical (unpaired) electrons. The lowest BCUT2D eigenvalue weighted by Gasteiger charge is -2.21. The second-order valence-electron chi connectivity index (χ2n) is 4.66. The van der Waals surface area contributed by atoms with Gasteiger partial charge in [-0.2, -0.15) is 5.10 Å². The Hall–Kier alpha value is -1.52. The Morgan fingerprint density at radius 3 is 2.62 bits per heavy atom. The molecule has 0 saturated heterocycles. The Kier molecular flexibility index (Phi) is 3.57. The minimum absolute atomic E-state index is 0.0895. The number of hydrogen-bond donors (Lipinski definition) is 1. The van der Waals surface area contributed by atoms with Gasteiger partial charge in [-0.3, -0.25) is 4.79 Å². The first-order valence-electron chi connectivity index (χ1n) is 5.19. The van der Waals surface area contributed by atoms with Crippen LogP contribution >= 0.6 is 0 Å². The number of hydrogen-bond acceptors (Lipinski definition) is 3. The lowest BCUT2D eigenvalue weighted by Crippen LogP contribution is -2.23. The molecular weight excluding hydrogens is 208 g/mol. The van der Waals surface area contributed by atoms with Gasteiger partial charge >= 0.3 is 5.97 Å². The number of methoxy groups -OCH3 is 1. The molecule has 1 aromatic rings. The van der Waals surface area contributed by atoms with Crippen LogP contribution in [-0.4, -0.2) is 28.0 Å². The molecule has 0 aliphatic heterocycles. The molecule has 0 amide bonds. The molecule has 0 fully saturated rings. The molecule has 0 aromatic carbocycles. The quantitative estimate of drug-likeness (QED) is 0.848. The van der Waals surface area contributed by atoms with Crippen molar-refractivity contribution < 1.29 is 14.6 Å². The normalized spacial score (nSPS) is 11.5. The van der Waals surface area contributed by atoms with Crippen LogP contribution in [0.2, 0.25) is 0 Å². The summed E-state index contributed by atoms with van der Waals surface area (Å²) in [5.41, 5.74) is 0.659. The molecule has 1 aromatic heterocycles. The predicted molar refractivity (Wildman–Crippen MR) is 59.7 cm³/mol. The summed E-state index contributed by atoms with van der Waals surface area (Å²) in [6, 6.07) is 0. The highest BCUT2D eigenvalue weighted by Gasteiger charge is 2.21. The smallest absolute Gasteiger partial charge is 0.303 e. The molecule has 0 aliphatic carbocycles. The van der Waals surface area contributed by atoms with Crippen molar-refractivity contribution in [2.24, 2.45) is 0 Å². The fourth-order valence-electron chi connectivity index (χ4n) is 1.48. The lowest BCUT2D eigenvalue weighted by molar-refractivity contribution is -0.136. The highest BCUT2D eigenvalue weighted by molar-refractivity contribution is 5.67. The largest absolute Gasteiger partial charge is 0.481 e. The van der Waals surface area contributed by atoms with E-state index >= 15 is 0 Å². The fourth-order valence-corrected chi connectivity index (χ4v) is 1.48. The van der Waals surface area contributed by atoms with Gasteiger partial charge in [0.2, 0.25) is 5.88 Å². The van der Waals surface area contributed by atoms with Crippen molar-refractivity contribution in [1.82, 2.24) is 9.78 Å². The highest BCUT2D eigenvalue weighted by Crippen LogP contribution is 2.26. The first kappa shape index (κ1) is 12.5. The Morgan fingerprint density at radius 2 is 2.19 bits per heavy atom. The maximum atomic E-state index is 10.5. The van der Waals surface area contributed by atoms with Crippen molar-refractivity contribution in [3.8, 4) is 5.88 Å². The molecule has 16 heavy (non-hydrogen) atoms. The maximum Gasteiger partial charge on any atom is 0.303 e. The minimum Gasteiger partial charge on any atom is -0.481 e. The summed E-state index contributed by atoms with van der Waals surface area (Å²) in [6.45, 7) is 6.05. The molecule has 0 bridgehead atoms. The monoisotopic (exact) mass is 226 g/mol. The van der Waals surface area contributed by atoms with Crippen LogP contribution in [0.5, 0.6) is 5.88 Å². The summed E-state index contributed by atoms with van der Waals surface area (Å²) in [5.74, 6) is -0.167. The summed E-state index contributed by atoms with van der Waals surface area (Å²) in [4.78, 5) is 10.5. The maximum absolute atomic E-state index is 10.5. The Morgan fingerprint density at radius 1 is 1.56 bits per heavy atom. The SMILES string of the molecule is COc1c(CCC(=O)O)cnn1C(C)(C)C. The van der Waals surface area contributed by atoms with Crippen molar-refractivity contribution in [2.45, 2.75) is 39.2 Å². The van der Waals surface area contributed by atoms with Gasteiger partial charge < -0.3 is 9.84 Å². The Bertz CT molecular complexity index is 377. The van der Waals surface area contributed by atoms with Crippen molar-refractivity contribution in [2.75, 3.05) is 7.11 Å². The van der Waals surface area contributed by atoms with Crippen LogP contribution in [0.15, 0.2) is 6.20 Å². The summed E-state index contributed by atoms with van der Waals surface area (Å²) < 4.78 is 7.05. The number of aromatic nitrogens is 2. The van der Waals surface area contributed by atoms with Gasteiger partial charge in [0, 0.05) is 12.0 Å². The van der Waals surface area contributed by atoms with Crippen LogP contribution in [0.3, 0.4) is 0 Å². The van der Waals surface area contributed by atoms with Gasteiger partial charge in [0.1, 0.15) is 0 Å². The van der Waals surface area contributed by atoms with E-state index in [1.165, 1.54) is 0 Å². The number of carboxylic acid groups (broad SMARTS) is 1. The second-order valence-corrected chi connectivity index (χ2v) is 4.66. The number of ether oxygens (including phenoxy) is 1. The number of rotatable bonds is 4. The van der Waals surface area contributed by atoms with Crippen LogP contribution in [0.25, 0.3) is 0 Å². The zero-order chi connectivity index (χ0) is 12.3. The summed E-state index contributed by atoms with van der Waals surface area (Å²) in [7, 11) is 1.57. The molecule has 1 rings (SSSR count). The van der Waals surface area contributed by atoms with Crippen LogP contribution in [0, 0.1) is 0 Å². The van der Waals surface area contributed by atoms with Gasteiger partial charge in [-0.1, -0.05) is 0 Å². The van der Waals surface area contributed by atoms with E-state index in [0.717, 1.165) is 5.56 Å². The first-order chi connectivity index (χ1) is 7.36. The minimum atomic E-state index is -0.814. The number of carbonyl (C=O) groups is 1. The molecule has 0 unspecified atom stereocenters. The first-order valence-corrected chi connectivity index (χ1v) is 5.19. The Balaban J connectivity index is 2.95. The van der Waals surface area contributed by atoms with Crippen molar-refractivity contribution in [3.05, 3.63) is 11.8 Å². The van der Waals surface area contributed by atoms with E-state index in [2.05, 4.69) is 5.10 Å². The van der Waals surface area contributed by atoms with E-state index in [1.54, 1.807) is 18.0 Å². The zero-order valence-corrected chi connectivity index (χ0v) is 10.1. The molecule has 0 aliphatic rings. The van der Waals surface area contributed by atoms with Gasteiger partial charge in [0.15, 0.2) is 0 Å². The number of aliphatic carboxylic acids is 1. The van der Waals surface area contributed by atoms with Crippen LogP contribution < -0.4 is 4.74 Å². The summed E-state index contributed by atoms with van der Waals surface area (Å²) in [5, 5.41) is 12.9. The van der Waals surface area contributed by atoms with Gasteiger partial charge in [-0.05, 0) is 27.2 Å². The van der Waals surface area contributed by atoms with Crippen LogP contribution in [0.4, 0.5) is 0 Å². The molecular formula is C11H18N2O3. The van der Waals surface area contributed by atoms with Gasteiger partial charge in [-0.15, -0.1) is 0 Å². The van der Waals surface area contributed by atoms with E-state index in [4.69, 9.17) is 9.84 Å². The Labute approximate surface area is 95.0 Å². The molecule has 5 nitrogen and oxygen atoms in total. The van der Waals surface area contributed by atoms with Crippen LogP contribution in [0.1, 0.15) is 32.8 Å². The third-order valence-corrected chi connectivity index (χ3v) is 2.23. The topological polar surface area (TPSA) is 64.3 Å². The number of carboxylic acids is 1. The van der Waals surface area contributed by atoms with E-state index in [9.17, 15) is 4.79 Å². The predicted octanol–water partition coefficient (Wildman–Crippen LogP) is 1.66. The van der Waals surface area contributed by atoms with Crippen molar-refractivity contribution >= 4 is 5.97 Å².